The number of hydrogen-bond acceptors (Lipinski definition) is 5. The first-order chi connectivity index (χ1) is 7.99. The molecule has 0 aliphatic carbocycles. The van der Waals surface area contributed by atoms with E-state index in [1.807, 2.05) is 0 Å². The lowest BCUT2D eigenvalue weighted by molar-refractivity contribution is -0.141. The van der Waals surface area contributed by atoms with Gasteiger partial charge >= 0.3 is 5.97 Å². The average molecular weight is 341 g/mol. The van der Waals surface area contributed by atoms with Crippen molar-refractivity contribution in [1.29, 1.82) is 0 Å². The van der Waals surface area contributed by atoms with Gasteiger partial charge in [0.25, 0.3) is 0 Å². The highest BCUT2D eigenvalue weighted by Gasteiger charge is 2.18. The van der Waals surface area contributed by atoms with E-state index in [0.29, 0.717) is 15.8 Å². The zero-order valence-electron chi connectivity index (χ0n) is 9.97. The first-order valence-electron chi connectivity index (χ1n) is 4.88. The Morgan fingerprint density at radius 2 is 2.11 bits per heavy atom. The second-order valence-corrected chi connectivity index (χ2v) is 4.29. The Bertz CT molecular complexity index is 428. The fourth-order valence-electron chi connectivity index (χ4n) is 1.37. The number of benzene rings is 1. The van der Waals surface area contributed by atoms with Crippen LogP contribution in [0.5, 0.6) is 11.5 Å². The van der Waals surface area contributed by atoms with Crippen molar-refractivity contribution in [3.63, 3.8) is 0 Å². The molecule has 1 aromatic carbocycles. The van der Waals surface area contributed by atoms with Crippen LogP contribution in [-0.4, -0.2) is 25.3 Å². The van der Waals surface area contributed by atoms with Crippen molar-refractivity contribution < 1.29 is 19.4 Å². The molecule has 0 spiro atoms. The number of carbonyl (C=O) groups is 1. The standard InChI is InChI=1S/C11H14BrNO4.ClH/c1-16-6-3-7(11(15)8(12)4-6)9(13)5-10(14)17-2;/h3-4,9,15H,5,13H2,1-2H3;1H/t9-;/m0./s1. The van der Waals surface area contributed by atoms with E-state index in [9.17, 15) is 9.90 Å². The van der Waals surface area contributed by atoms with Gasteiger partial charge < -0.3 is 20.3 Å². The third kappa shape index (κ3) is 4.04. The van der Waals surface area contributed by atoms with E-state index in [4.69, 9.17) is 10.5 Å². The van der Waals surface area contributed by atoms with Crippen molar-refractivity contribution in [2.75, 3.05) is 14.2 Å². The highest BCUT2D eigenvalue weighted by atomic mass is 79.9. The molecule has 7 heteroatoms. The van der Waals surface area contributed by atoms with Crippen LogP contribution >= 0.6 is 28.3 Å². The molecule has 0 aliphatic rings. The molecule has 0 fully saturated rings. The Balaban J connectivity index is 0.00000289. The molecule has 0 unspecified atom stereocenters. The summed E-state index contributed by atoms with van der Waals surface area (Å²) in [5.41, 5.74) is 6.26. The molecular formula is C11H15BrClNO4. The molecule has 0 saturated heterocycles. The van der Waals surface area contributed by atoms with Crippen LogP contribution in [0.2, 0.25) is 0 Å². The number of esters is 1. The molecule has 102 valence electrons. The molecule has 0 amide bonds. The Morgan fingerprint density at radius 3 is 2.61 bits per heavy atom. The Hall–Kier alpha value is -0.980. The number of halogens is 2. The number of phenolic OH excluding ortho intramolecular Hbond substituents is 1. The van der Waals surface area contributed by atoms with Crippen LogP contribution in [0.25, 0.3) is 0 Å². The van der Waals surface area contributed by atoms with Crippen molar-refractivity contribution >= 4 is 34.3 Å². The van der Waals surface area contributed by atoms with E-state index in [0.717, 1.165) is 0 Å². The summed E-state index contributed by atoms with van der Waals surface area (Å²) in [6, 6.07) is 2.56. The van der Waals surface area contributed by atoms with E-state index >= 15 is 0 Å². The summed E-state index contributed by atoms with van der Waals surface area (Å²) < 4.78 is 10.0. The Labute approximate surface area is 120 Å². The summed E-state index contributed by atoms with van der Waals surface area (Å²) in [6.07, 6.45) is -0.0103. The van der Waals surface area contributed by atoms with Crippen molar-refractivity contribution in [2.24, 2.45) is 5.73 Å². The van der Waals surface area contributed by atoms with Gasteiger partial charge in [-0.1, -0.05) is 0 Å². The highest BCUT2D eigenvalue weighted by Crippen LogP contribution is 2.36. The number of rotatable bonds is 4. The monoisotopic (exact) mass is 339 g/mol. The molecule has 0 heterocycles. The van der Waals surface area contributed by atoms with Crippen LogP contribution in [-0.2, 0) is 9.53 Å². The van der Waals surface area contributed by atoms with Gasteiger partial charge in [-0.15, -0.1) is 12.4 Å². The normalized spacial score (nSPS) is 11.3. The van der Waals surface area contributed by atoms with Crippen molar-refractivity contribution in [3.8, 4) is 11.5 Å². The van der Waals surface area contributed by atoms with Crippen LogP contribution < -0.4 is 10.5 Å². The van der Waals surface area contributed by atoms with Gasteiger partial charge in [0.15, 0.2) is 0 Å². The van der Waals surface area contributed by atoms with E-state index < -0.39 is 12.0 Å². The molecule has 0 saturated carbocycles. The lowest BCUT2D eigenvalue weighted by atomic mass is 10.0. The molecule has 1 rings (SSSR count). The highest BCUT2D eigenvalue weighted by molar-refractivity contribution is 9.10. The van der Waals surface area contributed by atoms with Crippen molar-refractivity contribution in [1.82, 2.24) is 0 Å². The van der Waals surface area contributed by atoms with E-state index in [1.165, 1.54) is 14.2 Å². The molecule has 18 heavy (non-hydrogen) atoms. The Kier molecular flexibility index (Phi) is 7.05. The predicted molar refractivity (Wildman–Crippen MR) is 73.2 cm³/mol. The number of methoxy groups -OCH3 is 2. The maximum atomic E-state index is 11.1. The summed E-state index contributed by atoms with van der Waals surface area (Å²) >= 11 is 3.19. The molecule has 0 aromatic heterocycles. The predicted octanol–water partition coefficient (Wildman–Crippen LogP) is 2.15. The number of carbonyl (C=O) groups excluding carboxylic acids is 1. The van der Waals surface area contributed by atoms with Crippen LogP contribution in [0.4, 0.5) is 0 Å². The second kappa shape index (κ2) is 7.45. The van der Waals surface area contributed by atoms with E-state index in [1.54, 1.807) is 12.1 Å². The summed E-state index contributed by atoms with van der Waals surface area (Å²) in [5.74, 6) is 0.114. The van der Waals surface area contributed by atoms with Gasteiger partial charge in [-0.25, -0.2) is 0 Å². The topological polar surface area (TPSA) is 81.8 Å². The van der Waals surface area contributed by atoms with Gasteiger partial charge in [-0.05, 0) is 28.1 Å². The number of hydrogen-bond donors (Lipinski definition) is 2. The van der Waals surface area contributed by atoms with Crippen molar-refractivity contribution in [3.05, 3.63) is 22.2 Å². The van der Waals surface area contributed by atoms with Crippen LogP contribution in [0.1, 0.15) is 18.0 Å². The first-order valence-corrected chi connectivity index (χ1v) is 5.67. The average Bonchev–Trinajstić information content (AvgIpc) is 2.31. The maximum Gasteiger partial charge on any atom is 0.307 e. The SMILES string of the molecule is COC(=O)C[C@H](N)c1cc(OC)cc(Br)c1O.Cl. The van der Waals surface area contributed by atoms with Gasteiger partial charge in [-0.3, -0.25) is 4.79 Å². The summed E-state index contributed by atoms with van der Waals surface area (Å²) in [4.78, 5) is 11.1. The lowest BCUT2D eigenvalue weighted by Crippen LogP contribution is -2.16. The number of phenols is 1. The smallest absolute Gasteiger partial charge is 0.307 e. The fraction of sp³-hybridized carbons (Fsp3) is 0.364. The minimum Gasteiger partial charge on any atom is -0.506 e. The summed E-state index contributed by atoms with van der Waals surface area (Å²) in [5, 5.41) is 9.84. The minimum atomic E-state index is -0.645. The maximum absolute atomic E-state index is 11.1. The van der Waals surface area contributed by atoms with Crippen LogP contribution in [0.15, 0.2) is 16.6 Å². The van der Waals surface area contributed by atoms with Gasteiger partial charge in [0.2, 0.25) is 0 Å². The molecular weight excluding hydrogens is 325 g/mol. The molecule has 1 aromatic rings. The minimum absolute atomic E-state index is 0. The largest absolute Gasteiger partial charge is 0.506 e. The van der Waals surface area contributed by atoms with Gasteiger partial charge in [0.1, 0.15) is 11.5 Å². The van der Waals surface area contributed by atoms with E-state index in [-0.39, 0.29) is 24.6 Å². The van der Waals surface area contributed by atoms with Crippen molar-refractivity contribution in [2.45, 2.75) is 12.5 Å². The number of nitrogens with two attached hydrogens (primary N) is 1. The zero-order chi connectivity index (χ0) is 13.0. The molecule has 0 bridgehead atoms. The molecule has 0 aliphatic heterocycles. The third-order valence-corrected chi connectivity index (χ3v) is 2.92. The van der Waals surface area contributed by atoms with Gasteiger partial charge in [0, 0.05) is 11.6 Å². The number of aromatic hydroxyl groups is 1. The summed E-state index contributed by atoms with van der Waals surface area (Å²) in [6.45, 7) is 0. The van der Waals surface area contributed by atoms with Crippen LogP contribution in [0.3, 0.4) is 0 Å². The first kappa shape index (κ1) is 17.0. The molecule has 3 N–H and O–H groups in total. The fourth-order valence-corrected chi connectivity index (χ4v) is 1.82. The van der Waals surface area contributed by atoms with Gasteiger partial charge in [0.05, 0.1) is 25.1 Å². The summed E-state index contributed by atoms with van der Waals surface area (Å²) in [7, 11) is 2.80. The third-order valence-electron chi connectivity index (χ3n) is 2.32. The van der Waals surface area contributed by atoms with Crippen LogP contribution in [0, 0.1) is 0 Å². The Morgan fingerprint density at radius 1 is 1.50 bits per heavy atom. The molecule has 5 nitrogen and oxygen atoms in total. The zero-order valence-corrected chi connectivity index (χ0v) is 12.4. The number of ether oxygens (including phenoxy) is 2. The molecule has 0 radical (unpaired) electrons. The quantitative estimate of drug-likeness (QED) is 0.821. The lowest BCUT2D eigenvalue weighted by Gasteiger charge is -2.15. The van der Waals surface area contributed by atoms with E-state index in [2.05, 4.69) is 20.7 Å². The second-order valence-electron chi connectivity index (χ2n) is 3.43. The van der Waals surface area contributed by atoms with Gasteiger partial charge in [-0.2, -0.15) is 0 Å². The molecule has 1 atom stereocenters.